The minimum atomic E-state index is -0.306. The maximum Gasteiger partial charge on any atom is 0.306 e. The number of aromatic nitrogens is 1. The third kappa shape index (κ3) is 4.18. The van der Waals surface area contributed by atoms with Gasteiger partial charge in [0.1, 0.15) is 0 Å². The topological polar surface area (TPSA) is 107 Å². The Hall–Kier alpha value is -4.33. The van der Waals surface area contributed by atoms with Crippen molar-refractivity contribution in [3.63, 3.8) is 0 Å². The van der Waals surface area contributed by atoms with Crippen LogP contribution in [0.3, 0.4) is 0 Å². The van der Waals surface area contributed by atoms with E-state index in [0.717, 1.165) is 40.8 Å². The number of amides is 1. The number of benzene rings is 2. The largest absolute Gasteiger partial charge is 0.466 e. The number of hydrogen-bond acceptors (Lipinski definition) is 6. The lowest BCUT2D eigenvalue weighted by atomic mass is 9.91. The molecule has 0 radical (unpaired) electrons. The molecule has 2 N–H and O–H groups in total. The third-order valence-corrected chi connectivity index (χ3v) is 7.01. The quantitative estimate of drug-likeness (QED) is 0.369. The molecule has 0 spiro atoms. The van der Waals surface area contributed by atoms with Gasteiger partial charge in [0.2, 0.25) is 6.79 Å². The molecular weight excluding hydrogens is 472 g/mol. The van der Waals surface area contributed by atoms with Gasteiger partial charge in [-0.15, -0.1) is 0 Å². The molecule has 6 rings (SSSR count). The monoisotopic (exact) mass is 498 g/mol. The van der Waals surface area contributed by atoms with E-state index in [1.54, 1.807) is 13.0 Å². The number of ketones is 1. The average molecular weight is 499 g/mol. The molecule has 188 valence electrons. The lowest BCUT2D eigenvalue weighted by molar-refractivity contribution is -0.143. The summed E-state index contributed by atoms with van der Waals surface area (Å²) in [4.78, 5) is 41.2. The molecule has 8 heteroatoms. The van der Waals surface area contributed by atoms with E-state index in [-0.39, 0.29) is 30.9 Å². The fraction of sp³-hybridized carbons (Fsp3) is 0.276. The summed E-state index contributed by atoms with van der Waals surface area (Å²) in [6, 6.07) is 11.6. The highest BCUT2D eigenvalue weighted by atomic mass is 16.7. The zero-order valence-corrected chi connectivity index (χ0v) is 20.4. The van der Waals surface area contributed by atoms with Crippen LogP contribution in [0.4, 0.5) is 5.69 Å². The third-order valence-electron chi connectivity index (χ3n) is 7.01. The van der Waals surface area contributed by atoms with Gasteiger partial charge >= 0.3 is 5.97 Å². The van der Waals surface area contributed by atoms with Gasteiger partial charge in [0, 0.05) is 41.0 Å². The number of ether oxygens (including phenoxy) is 3. The van der Waals surface area contributed by atoms with E-state index in [9.17, 15) is 14.4 Å². The Bertz CT molecular complexity index is 1480. The Kier molecular flexibility index (Phi) is 5.79. The first-order valence-corrected chi connectivity index (χ1v) is 12.5. The molecule has 3 heterocycles. The van der Waals surface area contributed by atoms with Gasteiger partial charge in [-0.05, 0) is 67.2 Å². The zero-order chi connectivity index (χ0) is 25.5. The van der Waals surface area contributed by atoms with Crippen LogP contribution < -0.4 is 14.8 Å². The van der Waals surface area contributed by atoms with Crippen LogP contribution in [-0.2, 0) is 27.2 Å². The van der Waals surface area contributed by atoms with Crippen LogP contribution in [-0.4, -0.2) is 36.0 Å². The molecule has 0 saturated heterocycles. The Morgan fingerprint density at radius 1 is 1.05 bits per heavy atom. The second-order valence-electron chi connectivity index (χ2n) is 9.29. The first kappa shape index (κ1) is 23.1. The van der Waals surface area contributed by atoms with Gasteiger partial charge in [0.15, 0.2) is 17.3 Å². The van der Waals surface area contributed by atoms with Gasteiger partial charge in [0.25, 0.3) is 5.91 Å². The van der Waals surface area contributed by atoms with E-state index in [4.69, 9.17) is 14.2 Å². The SMILES string of the molecule is CCOC(=O)CCc1c(/C=C2\C(=O)Nc3cc(-c4ccc5c(c4)OCO5)ccc32)[nH]c2c1C(=O)CCC2. The van der Waals surface area contributed by atoms with Crippen LogP contribution in [0, 0.1) is 0 Å². The second-order valence-corrected chi connectivity index (χ2v) is 9.29. The summed E-state index contributed by atoms with van der Waals surface area (Å²) in [6.45, 7) is 2.29. The number of nitrogens with one attached hydrogen (secondary N) is 2. The van der Waals surface area contributed by atoms with Crippen molar-refractivity contribution >= 4 is 35.0 Å². The van der Waals surface area contributed by atoms with Crippen molar-refractivity contribution in [3.8, 4) is 22.6 Å². The molecule has 2 aromatic carbocycles. The van der Waals surface area contributed by atoms with E-state index in [2.05, 4.69) is 10.3 Å². The lowest BCUT2D eigenvalue weighted by Gasteiger charge is -2.11. The number of hydrogen-bond donors (Lipinski definition) is 2. The maximum absolute atomic E-state index is 13.0. The summed E-state index contributed by atoms with van der Waals surface area (Å²) in [7, 11) is 0. The number of carbonyl (C=O) groups excluding carboxylic acids is 3. The molecule has 0 unspecified atom stereocenters. The first-order chi connectivity index (χ1) is 18.0. The predicted molar refractivity (Wildman–Crippen MR) is 138 cm³/mol. The van der Waals surface area contributed by atoms with Crippen molar-refractivity contribution in [2.45, 2.75) is 39.0 Å². The number of aromatic amines is 1. The Balaban J connectivity index is 1.36. The van der Waals surface area contributed by atoms with Gasteiger partial charge in [-0.2, -0.15) is 0 Å². The fourth-order valence-electron chi connectivity index (χ4n) is 5.27. The summed E-state index contributed by atoms with van der Waals surface area (Å²) in [5.74, 6) is 0.968. The lowest BCUT2D eigenvalue weighted by Crippen LogP contribution is -2.12. The number of H-pyrrole nitrogens is 1. The normalized spacial score (nSPS) is 16.5. The van der Waals surface area contributed by atoms with Crippen LogP contribution in [0.1, 0.15) is 59.1 Å². The number of fused-ring (bicyclic) bond motifs is 3. The smallest absolute Gasteiger partial charge is 0.306 e. The Labute approximate surface area is 213 Å². The summed E-state index contributed by atoms with van der Waals surface area (Å²) >= 11 is 0. The predicted octanol–water partition coefficient (Wildman–Crippen LogP) is 4.92. The molecule has 0 atom stereocenters. The molecule has 1 aliphatic carbocycles. The summed E-state index contributed by atoms with van der Waals surface area (Å²) < 4.78 is 16.0. The van der Waals surface area contributed by atoms with Crippen molar-refractivity contribution in [2.75, 3.05) is 18.7 Å². The number of carbonyl (C=O) groups is 3. The number of esters is 1. The van der Waals surface area contributed by atoms with E-state index < -0.39 is 0 Å². The Morgan fingerprint density at radius 2 is 1.86 bits per heavy atom. The molecule has 2 aliphatic heterocycles. The Morgan fingerprint density at radius 3 is 2.73 bits per heavy atom. The molecule has 1 amide bonds. The summed E-state index contributed by atoms with van der Waals surface area (Å²) in [5.41, 5.74) is 6.91. The van der Waals surface area contributed by atoms with Gasteiger partial charge in [0.05, 0.1) is 12.2 Å². The highest BCUT2D eigenvalue weighted by Gasteiger charge is 2.29. The van der Waals surface area contributed by atoms with Crippen molar-refractivity contribution in [1.82, 2.24) is 4.98 Å². The van der Waals surface area contributed by atoms with Gasteiger partial charge in [-0.3, -0.25) is 14.4 Å². The minimum Gasteiger partial charge on any atom is -0.466 e. The van der Waals surface area contributed by atoms with E-state index in [1.165, 1.54) is 0 Å². The van der Waals surface area contributed by atoms with Crippen LogP contribution in [0.2, 0.25) is 0 Å². The molecular formula is C29H26N2O6. The van der Waals surface area contributed by atoms with E-state index >= 15 is 0 Å². The zero-order valence-electron chi connectivity index (χ0n) is 20.4. The van der Waals surface area contributed by atoms with E-state index in [0.29, 0.717) is 53.5 Å². The molecule has 0 saturated carbocycles. The second kappa shape index (κ2) is 9.28. The van der Waals surface area contributed by atoms with Gasteiger partial charge < -0.3 is 24.5 Å². The van der Waals surface area contributed by atoms with Gasteiger partial charge in [-0.1, -0.05) is 18.2 Å². The van der Waals surface area contributed by atoms with Gasteiger partial charge in [-0.25, -0.2) is 0 Å². The van der Waals surface area contributed by atoms with Crippen molar-refractivity contribution in [3.05, 3.63) is 64.5 Å². The van der Waals surface area contributed by atoms with Crippen molar-refractivity contribution in [1.29, 1.82) is 0 Å². The average Bonchev–Trinajstić information content (AvgIpc) is 3.58. The number of anilines is 1. The molecule has 0 fully saturated rings. The maximum atomic E-state index is 13.0. The standard InChI is InChI=1S/C29H26N2O6/c1-2-35-27(33)11-9-19-23(30-21-4-3-5-24(32)28(19)21)14-20-18-8-6-16(12-22(18)31-29(20)34)17-7-10-25-26(13-17)37-15-36-25/h6-8,10,12-14,30H,2-5,9,11,15H2,1H3,(H,31,34)/b20-14-. The van der Waals surface area contributed by atoms with Crippen LogP contribution in [0.5, 0.6) is 11.5 Å². The van der Waals surface area contributed by atoms with Crippen LogP contribution in [0.25, 0.3) is 22.8 Å². The molecule has 3 aliphatic rings. The highest BCUT2D eigenvalue weighted by molar-refractivity contribution is 6.35. The highest BCUT2D eigenvalue weighted by Crippen LogP contribution is 2.40. The summed E-state index contributed by atoms with van der Waals surface area (Å²) in [5, 5.41) is 2.97. The van der Waals surface area contributed by atoms with Crippen LogP contribution in [0.15, 0.2) is 36.4 Å². The summed E-state index contributed by atoms with van der Waals surface area (Å²) in [6.07, 6.45) is 4.37. The first-order valence-electron chi connectivity index (χ1n) is 12.5. The van der Waals surface area contributed by atoms with Crippen molar-refractivity contribution in [2.24, 2.45) is 0 Å². The molecule has 0 bridgehead atoms. The molecule has 1 aromatic heterocycles. The molecule has 37 heavy (non-hydrogen) atoms. The van der Waals surface area contributed by atoms with Crippen molar-refractivity contribution < 1.29 is 28.6 Å². The number of aryl methyl sites for hydroxylation is 1. The minimum absolute atomic E-state index is 0.0747. The number of Topliss-reactive ketones (excluding diaryl/α,β-unsaturated/α-hetero) is 1. The molecule has 3 aromatic rings. The van der Waals surface area contributed by atoms with Crippen LogP contribution >= 0.6 is 0 Å². The fourth-order valence-corrected chi connectivity index (χ4v) is 5.27. The van der Waals surface area contributed by atoms with E-state index in [1.807, 2.05) is 36.4 Å². The molecule has 8 nitrogen and oxygen atoms in total. The number of rotatable bonds is 6.